The van der Waals surface area contributed by atoms with Crippen LogP contribution in [-0.2, 0) is 12.8 Å². The molecule has 160 valence electrons. The topological polar surface area (TPSA) is 87.5 Å². The fraction of sp³-hybridized carbons (Fsp3) is 0.292. The molecule has 3 heterocycles. The van der Waals surface area contributed by atoms with Crippen LogP contribution in [-0.4, -0.2) is 38.8 Å². The number of pyridine rings is 2. The lowest BCUT2D eigenvalue weighted by atomic mass is 9.98. The van der Waals surface area contributed by atoms with Gasteiger partial charge in [0.1, 0.15) is 6.67 Å². The Balaban J connectivity index is 1.28. The van der Waals surface area contributed by atoms with Gasteiger partial charge in [-0.1, -0.05) is 36.8 Å². The van der Waals surface area contributed by atoms with Crippen LogP contribution in [0.1, 0.15) is 46.6 Å². The number of unbranched alkanes of at least 4 members (excludes halogenated alkanes) is 2. The molecule has 7 nitrogen and oxygen atoms in total. The summed E-state index contributed by atoms with van der Waals surface area (Å²) in [5.74, 6) is -0.830. The maximum Gasteiger partial charge on any atom is 0.277 e. The number of aromatic nitrogens is 2. The Kier molecular flexibility index (Phi) is 6.31. The van der Waals surface area contributed by atoms with Crippen molar-refractivity contribution < 1.29 is 9.90 Å². The normalized spacial score (nSPS) is 13.0. The zero-order valence-electron chi connectivity index (χ0n) is 17.3. The Bertz CT molecular complexity index is 1110. The molecule has 31 heavy (non-hydrogen) atoms. The number of carbonyl (C=O) groups excluding carboxylic acids is 1. The first-order valence-electron chi connectivity index (χ1n) is 10.6. The Morgan fingerprint density at radius 3 is 2.58 bits per heavy atom. The fourth-order valence-corrected chi connectivity index (χ4v) is 3.89. The molecule has 0 radical (unpaired) electrons. The minimum atomic E-state index is -0.549. The van der Waals surface area contributed by atoms with Crippen molar-refractivity contribution in [3.05, 3.63) is 93.7 Å². The van der Waals surface area contributed by atoms with Crippen LogP contribution in [0.3, 0.4) is 0 Å². The summed E-state index contributed by atoms with van der Waals surface area (Å²) in [7, 11) is 0. The summed E-state index contributed by atoms with van der Waals surface area (Å²) in [5.41, 5.74) is 6.18. The van der Waals surface area contributed by atoms with Crippen molar-refractivity contribution in [3.63, 3.8) is 0 Å². The molecular formula is C24H26N4O3. The van der Waals surface area contributed by atoms with E-state index in [1.165, 1.54) is 28.1 Å². The van der Waals surface area contributed by atoms with Gasteiger partial charge in [-0.3, -0.25) is 19.2 Å². The van der Waals surface area contributed by atoms with Crippen LogP contribution in [0.15, 0.2) is 65.7 Å². The van der Waals surface area contributed by atoms with E-state index < -0.39 is 11.2 Å². The molecule has 2 aromatic heterocycles. The van der Waals surface area contributed by atoms with Gasteiger partial charge in [0.15, 0.2) is 11.4 Å². The largest absolute Gasteiger partial charge is 0.502 e. The number of hydrogen-bond acceptors (Lipinski definition) is 5. The van der Waals surface area contributed by atoms with Crippen molar-refractivity contribution in [1.29, 1.82) is 0 Å². The molecule has 7 heteroatoms. The monoisotopic (exact) mass is 418 g/mol. The molecule has 1 aliphatic rings. The Morgan fingerprint density at radius 2 is 1.77 bits per heavy atom. The number of fused-ring (bicyclic) bond motifs is 1. The van der Waals surface area contributed by atoms with E-state index in [1.54, 1.807) is 4.90 Å². The lowest BCUT2D eigenvalue weighted by Gasteiger charge is -2.31. The van der Waals surface area contributed by atoms with Crippen molar-refractivity contribution in [2.75, 3.05) is 18.6 Å². The van der Waals surface area contributed by atoms with Crippen LogP contribution in [0.4, 0.5) is 0 Å². The van der Waals surface area contributed by atoms with E-state index in [9.17, 15) is 14.7 Å². The van der Waals surface area contributed by atoms with Gasteiger partial charge in [0, 0.05) is 37.1 Å². The molecule has 3 aromatic rings. The van der Waals surface area contributed by atoms with Crippen LogP contribution in [0.2, 0.25) is 0 Å². The first-order chi connectivity index (χ1) is 15.1. The molecule has 0 aliphatic carbocycles. The average molecular weight is 418 g/mol. The molecule has 0 bridgehead atoms. The lowest BCUT2D eigenvalue weighted by Crippen LogP contribution is -2.46. The molecule has 0 saturated heterocycles. The standard InChI is InChI=1S/C24H26N4O3/c29-21-12-15-28-22(23(21)30)24(31)27(17-26-28)14-7-1-2-8-18-9-3-4-10-19(18)16-20-11-5-6-13-25-20/h3-6,9-13,15,26,30H,1-2,7-8,14,16-17H2. The van der Waals surface area contributed by atoms with Crippen LogP contribution in [0.5, 0.6) is 5.75 Å². The van der Waals surface area contributed by atoms with Gasteiger partial charge in [-0.2, -0.15) is 0 Å². The van der Waals surface area contributed by atoms with Crippen molar-refractivity contribution in [3.8, 4) is 5.75 Å². The highest BCUT2D eigenvalue weighted by Crippen LogP contribution is 2.19. The molecule has 0 saturated carbocycles. The highest BCUT2D eigenvalue weighted by molar-refractivity contribution is 5.96. The molecular weight excluding hydrogens is 392 g/mol. The molecule has 0 fully saturated rings. The Morgan fingerprint density at radius 1 is 0.968 bits per heavy atom. The molecule has 0 atom stereocenters. The van der Waals surface area contributed by atoms with Crippen molar-refractivity contribution in [1.82, 2.24) is 14.6 Å². The summed E-state index contributed by atoms with van der Waals surface area (Å²) >= 11 is 0. The van der Waals surface area contributed by atoms with Crippen molar-refractivity contribution >= 4 is 5.91 Å². The third-order valence-electron chi connectivity index (χ3n) is 5.59. The third-order valence-corrected chi connectivity index (χ3v) is 5.59. The van der Waals surface area contributed by atoms with E-state index in [0.717, 1.165) is 37.8 Å². The van der Waals surface area contributed by atoms with Gasteiger partial charge in [-0.15, -0.1) is 0 Å². The van der Waals surface area contributed by atoms with Crippen LogP contribution in [0.25, 0.3) is 0 Å². The van der Waals surface area contributed by atoms with Crippen LogP contribution >= 0.6 is 0 Å². The number of amides is 1. The molecule has 4 rings (SSSR count). The van der Waals surface area contributed by atoms with Crippen molar-refractivity contribution in [2.45, 2.75) is 32.1 Å². The van der Waals surface area contributed by atoms with Gasteiger partial charge in [0.05, 0.1) is 0 Å². The maximum absolute atomic E-state index is 12.7. The summed E-state index contributed by atoms with van der Waals surface area (Å²) in [6.07, 6.45) is 7.96. The molecule has 1 aromatic carbocycles. The number of aryl methyl sites for hydroxylation is 1. The number of rotatable bonds is 8. The molecule has 0 spiro atoms. The second-order valence-electron chi connectivity index (χ2n) is 7.71. The predicted octanol–water partition coefficient (Wildman–Crippen LogP) is 2.91. The number of nitrogens with one attached hydrogen (secondary N) is 1. The van der Waals surface area contributed by atoms with E-state index in [2.05, 4.69) is 34.7 Å². The number of aromatic hydroxyl groups is 1. The number of benzene rings is 1. The third kappa shape index (κ3) is 4.77. The smallest absolute Gasteiger partial charge is 0.277 e. The minimum Gasteiger partial charge on any atom is -0.502 e. The van der Waals surface area contributed by atoms with E-state index in [-0.39, 0.29) is 11.6 Å². The first-order valence-corrected chi connectivity index (χ1v) is 10.6. The molecule has 2 N–H and O–H groups in total. The second-order valence-corrected chi connectivity index (χ2v) is 7.71. The Hall–Kier alpha value is -3.61. The predicted molar refractivity (Wildman–Crippen MR) is 119 cm³/mol. The number of nitrogens with zero attached hydrogens (tertiary/aromatic N) is 3. The van der Waals surface area contributed by atoms with Crippen LogP contribution in [0, 0.1) is 0 Å². The van der Waals surface area contributed by atoms with E-state index in [0.29, 0.717) is 13.2 Å². The van der Waals surface area contributed by atoms with Gasteiger partial charge in [-0.25, -0.2) is 0 Å². The fourth-order valence-electron chi connectivity index (χ4n) is 3.89. The van der Waals surface area contributed by atoms with Gasteiger partial charge in [0.25, 0.3) is 5.91 Å². The number of hydrogen-bond donors (Lipinski definition) is 2. The van der Waals surface area contributed by atoms with E-state index >= 15 is 0 Å². The number of carbonyl (C=O) groups is 1. The molecule has 0 unspecified atom stereocenters. The molecule has 1 aliphatic heterocycles. The summed E-state index contributed by atoms with van der Waals surface area (Å²) < 4.78 is 1.41. The van der Waals surface area contributed by atoms with Crippen LogP contribution < -0.4 is 10.9 Å². The average Bonchev–Trinajstić information content (AvgIpc) is 2.79. The lowest BCUT2D eigenvalue weighted by molar-refractivity contribution is 0.0719. The zero-order chi connectivity index (χ0) is 21.6. The quantitative estimate of drug-likeness (QED) is 0.549. The SMILES string of the molecule is O=C1c2c(O)c(=O)ccn2NCN1CCCCCc1ccccc1Cc1ccccn1. The summed E-state index contributed by atoms with van der Waals surface area (Å²) in [6, 6.07) is 15.7. The summed E-state index contributed by atoms with van der Waals surface area (Å²) in [5, 5.41) is 9.97. The van der Waals surface area contributed by atoms with Gasteiger partial charge in [0.2, 0.25) is 5.43 Å². The Labute approximate surface area is 181 Å². The highest BCUT2D eigenvalue weighted by atomic mass is 16.3. The molecule has 1 amide bonds. The van der Waals surface area contributed by atoms with E-state index in [4.69, 9.17) is 0 Å². The maximum atomic E-state index is 12.7. The zero-order valence-corrected chi connectivity index (χ0v) is 17.3. The summed E-state index contributed by atoms with van der Waals surface area (Å²) in [6.45, 7) is 0.922. The van der Waals surface area contributed by atoms with E-state index in [1.807, 2.05) is 24.4 Å². The van der Waals surface area contributed by atoms with Gasteiger partial charge >= 0.3 is 0 Å². The van der Waals surface area contributed by atoms with Gasteiger partial charge in [-0.05, 0) is 42.5 Å². The summed E-state index contributed by atoms with van der Waals surface area (Å²) in [4.78, 5) is 30.4. The van der Waals surface area contributed by atoms with Gasteiger partial charge < -0.3 is 15.4 Å². The highest BCUT2D eigenvalue weighted by Gasteiger charge is 2.27. The second kappa shape index (κ2) is 9.47. The van der Waals surface area contributed by atoms with Crippen molar-refractivity contribution in [2.24, 2.45) is 0 Å². The first kappa shape index (κ1) is 20.7. The minimum absolute atomic E-state index is 0.00204.